The molecule has 33 heavy (non-hydrogen) atoms. The van der Waals surface area contributed by atoms with E-state index in [4.69, 9.17) is 0 Å². The predicted molar refractivity (Wildman–Crippen MR) is 112 cm³/mol. The van der Waals surface area contributed by atoms with Crippen LogP contribution in [-0.2, 0) is 19.6 Å². The average Bonchev–Trinajstić information content (AvgIpc) is 3.69. The van der Waals surface area contributed by atoms with Gasteiger partial charge in [-0.1, -0.05) is 0 Å². The Morgan fingerprint density at radius 2 is 1.70 bits per heavy atom. The van der Waals surface area contributed by atoms with E-state index in [1.165, 1.54) is 15.2 Å². The zero-order valence-electron chi connectivity index (χ0n) is 18.0. The number of aromatic hydroxyl groups is 2. The van der Waals surface area contributed by atoms with Crippen LogP contribution in [0.15, 0.2) is 12.1 Å². The first kappa shape index (κ1) is 20.4. The quantitative estimate of drug-likeness (QED) is 0.483. The summed E-state index contributed by atoms with van der Waals surface area (Å²) >= 11 is 0. The highest BCUT2D eigenvalue weighted by molar-refractivity contribution is 5.96. The van der Waals surface area contributed by atoms with Gasteiger partial charge in [0.25, 0.3) is 5.91 Å². The molecule has 174 valence electrons. The summed E-state index contributed by atoms with van der Waals surface area (Å²) in [6.07, 6.45) is -1.16. The molecule has 1 saturated carbocycles. The maximum Gasteiger partial charge on any atom is 0.418 e. The number of halogens is 3. The van der Waals surface area contributed by atoms with E-state index >= 15 is 0 Å². The number of nitrogens with zero attached hydrogens (tertiary/aromatic N) is 4. The van der Waals surface area contributed by atoms with Crippen molar-refractivity contribution in [2.75, 3.05) is 13.1 Å². The lowest BCUT2D eigenvalue weighted by Gasteiger charge is -2.33. The first-order chi connectivity index (χ1) is 15.6. The van der Waals surface area contributed by atoms with Gasteiger partial charge in [0.1, 0.15) is 5.52 Å². The van der Waals surface area contributed by atoms with Gasteiger partial charge < -0.3 is 19.7 Å². The number of fused-ring (bicyclic) bond motifs is 2. The summed E-state index contributed by atoms with van der Waals surface area (Å²) in [6.45, 7) is 0.710. The van der Waals surface area contributed by atoms with Crippen LogP contribution in [0.5, 0.6) is 11.8 Å². The van der Waals surface area contributed by atoms with Crippen molar-refractivity contribution in [2.45, 2.75) is 50.2 Å². The van der Waals surface area contributed by atoms with E-state index in [0.29, 0.717) is 43.4 Å². The fraction of sp³-hybridized carbons (Fsp3) is 0.478. The van der Waals surface area contributed by atoms with Crippen molar-refractivity contribution in [1.82, 2.24) is 19.0 Å². The van der Waals surface area contributed by atoms with E-state index in [2.05, 4.69) is 4.98 Å². The van der Waals surface area contributed by atoms with Crippen LogP contribution in [0.25, 0.3) is 11.0 Å². The number of imidazole rings is 1. The van der Waals surface area contributed by atoms with Crippen molar-refractivity contribution in [3.63, 3.8) is 0 Å². The highest BCUT2D eigenvalue weighted by Gasteiger charge is 2.39. The number of benzene rings is 1. The van der Waals surface area contributed by atoms with Gasteiger partial charge in [-0.25, -0.2) is 4.98 Å². The standard InChI is InChI=1S/C23H23F3N4O3/c1-28-17-9-12(11-2-3-11)8-16(23(24,25)26)18(17)27-19(28)22(33)29-6-4-13(5-7-29)30-20(31)14-10-15(14)21(30)32/h8-9,11,13,31-32H,2-7,10H2,1H3. The van der Waals surface area contributed by atoms with Gasteiger partial charge >= 0.3 is 6.18 Å². The molecule has 10 heteroatoms. The Kier molecular flexibility index (Phi) is 4.14. The molecule has 1 saturated heterocycles. The maximum atomic E-state index is 13.8. The lowest BCUT2D eigenvalue weighted by molar-refractivity contribution is -0.136. The van der Waals surface area contributed by atoms with Gasteiger partial charge in [-0.05, 0) is 49.3 Å². The van der Waals surface area contributed by atoms with Crippen LogP contribution in [0.3, 0.4) is 0 Å². The molecule has 1 amide bonds. The first-order valence-electron chi connectivity index (χ1n) is 11.2. The van der Waals surface area contributed by atoms with E-state index in [-0.39, 0.29) is 35.1 Å². The molecule has 1 aromatic carbocycles. The van der Waals surface area contributed by atoms with Gasteiger partial charge in [0.2, 0.25) is 0 Å². The zero-order valence-corrected chi connectivity index (χ0v) is 18.0. The Morgan fingerprint density at radius 3 is 2.27 bits per heavy atom. The molecule has 1 aliphatic heterocycles. The van der Waals surface area contributed by atoms with Gasteiger partial charge in [0.05, 0.1) is 11.1 Å². The van der Waals surface area contributed by atoms with E-state index in [0.717, 1.165) is 24.0 Å². The van der Waals surface area contributed by atoms with Crippen LogP contribution in [0.1, 0.15) is 70.5 Å². The first-order valence-corrected chi connectivity index (χ1v) is 11.2. The van der Waals surface area contributed by atoms with Crippen LogP contribution < -0.4 is 0 Å². The summed E-state index contributed by atoms with van der Waals surface area (Å²) in [4.78, 5) is 19.0. The van der Waals surface area contributed by atoms with Gasteiger partial charge in [-0.15, -0.1) is 0 Å². The van der Waals surface area contributed by atoms with Gasteiger partial charge in [0.15, 0.2) is 17.6 Å². The number of aromatic nitrogens is 3. The number of rotatable bonds is 3. The number of carbonyl (C=O) groups excluding carboxylic acids is 1. The molecule has 0 spiro atoms. The Labute approximate surface area is 187 Å². The van der Waals surface area contributed by atoms with Crippen LogP contribution in [0, 0.1) is 0 Å². The Hall–Kier alpha value is -3.17. The molecule has 6 rings (SSSR count). The van der Waals surface area contributed by atoms with Gasteiger partial charge in [-0.3, -0.25) is 9.36 Å². The highest BCUT2D eigenvalue weighted by atomic mass is 19.4. The summed E-state index contributed by atoms with van der Waals surface area (Å²) in [6, 6.07) is 2.76. The van der Waals surface area contributed by atoms with Crippen molar-refractivity contribution >= 4 is 16.9 Å². The van der Waals surface area contributed by atoms with Gasteiger partial charge in [-0.2, -0.15) is 13.2 Å². The highest BCUT2D eigenvalue weighted by Crippen LogP contribution is 2.49. The Bertz CT molecular complexity index is 1290. The number of hydrogen-bond donors (Lipinski definition) is 2. The third-order valence-electron chi connectivity index (χ3n) is 7.26. The minimum Gasteiger partial charge on any atom is -0.494 e. The second-order valence-electron chi connectivity index (χ2n) is 9.38. The topological polar surface area (TPSA) is 83.5 Å². The molecule has 2 fully saturated rings. The third kappa shape index (κ3) is 3.10. The molecule has 3 aromatic rings. The smallest absolute Gasteiger partial charge is 0.418 e. The van der Waals surface area contributed by atoms with Crippen molar-refractivity contribution in [3.8, 4) is 11.8 Å². The number of hydrogen-bond acceptors (Lipinski definition) is 4. The zero-order chi connectivity index (χ0) is 23.2. The van der Waals surface area contributed by atoms with Crippen molar-refractivity contribution in [3.05, 3.63) is 40.2 Å². The molecule has 3 aliphatic rings. The summed E-state index contributed by atoms with van der Waals surface area (Å²) in [7, 11) is 1.58. The van der Waals surface area contributed by atoms with E-state index in [9.17, 15) is 28.2 Å². The second-order valence-corrected chi connectivity index (χ2v) is 9.38. The van der Waals surface area contributed by atoms with Gasteiger partial charge in [0, 0.05) is 43.7 Å². The molecule has 0 unspecified atom stereocenters. The molecule has 7 nitrogen and oxygen atoms in total. The number of carbonyl (C=O) groups is 1. The fourth-order valence-electron chi connectivity index (χ4n) is 5.13. The second kappa shape index (κ2) is 6.68. The Balaban J connectivity index is 1.28. The number of alkyl halides is 3. The SMILES string of the molecule is Cn1c(C(=O)N2CCC(n3c(O)c4c(c3O)C4)CC2)nc2c(C(F)(F)F)cc(C3CC3)cc21. The molecule has 0 bridgehead atoms. The lowest BCUT2D eigenvalue weighted by Crippen LogP contribution is -2.40. The minimum absolute atomic E-state index is 0.0146. The Morgan fingerprint density at radius 1 is 1.06 bits per heavy atom. The molecule has 3 heterocycles. The fourth-order valence-corrected chi connectivity index (χ4v) is 5.13. The average molecular weight is 460 g/mol. The van der Waals surface area contributed by atoms with Crippen molar-refractivity contribution < 1.29 is 28.2 Å². The monoisotopic (exact) mass is 460 g/mol. The van der Waals surface area contributed by atoms with E-state index < -0.39 is 17.6 Å². The molecule has 2 aromatic heterocycles. The number of aryl methyl sites for hydroxylation is 1. The molecule has 0 radical (unpaired) electrons. The van der Waals surface area contributed by atoms with Crippen LogP contribution in [0.2, 0.25) is 0 Å². The number of amides is 1. The summed E-state index contributed by atoms with van der Waals surface area (Å²) in [5.74, 6) is -0.109. The molecule has 2 N–H and O–H groups in total. The van der Waals surface area contributed by atoms with Crippen molar-refractivity contribution in [2.24, 2.45) is 7.05 Å². The predicted octanol–water partition coefficient (Wildman–Crippen LogP) is 4.06. The summed E-state index contributed by atoms with van der Waals surface area (Å²) in [5, 5.41) is 20.5. The summed E-state index contributed by atoms with van der Waals surface area (Å²) < 4.78 is 44.3. The minimum atomic E-state index is -4.56. The lowest BCUT2D eigenvalue weighted by atomic mass is 10.0. The van der Waals surface area contributed by atoms with E-state index in [1.54, 1.807) is 18.0 Å². The maximum absolute atomic E-state index is 13.8. The molecule has 2 aliphatic carbocycles. The van der Waals surface area contributed by atoms with Crippen LogP contribution >= 0.6 is 0 Å². The number of piperidine rings is 1. The third-order valence-corrected chi connectivity index (χ3v) is 7.26. The number of likely N-dealkylation sites (tertiary alicyclic amines) is 1. The normalized spacial score (nSPS) is 18.7. The molecule has 0 atom stereocenters. The summed E-state index contributed by atoms with van der Waals surface area (Å²) in [5.41, 5.74) is 1.51. The van der Waals surface area contributed by atoms with Crippen molar-refractivity contribution in [1.29, 1.82) is 0 Å². The molecular formula is C23H23F3N4O3. The molecular weight excluding hydrogens is 437 g/mol. The van der Waals surface area contributed by atoms with Crippen LogP contribution in [-0.4, -0.2) is 48.2 Å². The van der Waals surface area contributed by atoms with Crippen LogP contribution in [0.4, 0.5) is 13.2 Å². The largest absolute Gasteiger partial charge is 0.494 e. The van der Waals surface area contributed by atoms with E-state index in [1.807, 2.05) is 0 Å².